The Labute approximate surface area is 129 Å². The van der Waals surface area contributed by atoms with Crippen LogP contribution in [0.4, 0.5) is 11.6 Å². The fraction of sp³-hybridized carbons (Fsp3) is 0.750. The SMILES string of the molecule is CCCN(CC)CCNc1nc(C(C)C)nc(NC)c1C. The largest absolute Gasteiger partial charge is 0.373 e. The first-order valence-corrected chi connectivity index (χ1v) is 8.05. The molecule has 0 bridgehead atoms. The van der Waals surface area contributed by atoms with Crippen LogP contribution in [0, 0.1) is 6.92 Å². The van der Waals surface area contributed by atoms with Crippen molar-refractivity contribution < 1.29 is 0 Å². The van der Waals surface area contributed by atoms with Gasteiger partial charge in [0.25, 0.3) is 0 Å². The third-order valence-electron chi connectivity index (χ3n) is 3.62. The van der Waals surface area contributed by atoms with Crippen LogP contribution in [-0.2, 0) is 0 Å². The Hall–Kier alpha value is -1.36. The molecule has 1 heterocycles. The lowest BCUT2D eigenvalue weighted by atomic mass is 10.2. The Morgan fingerprint density at radius 3 is 2.29 bits per heavy atom. The maximum atomic E-state index is 4.67. The number of anilines is 2. The molecular formula is C16H31N5. The topological polar surface area (TPSA) is 53.1 Å². The van der Waals surface area contributed by atoms with Crippen LogP contribution in [-0.4, -0.2) is 48.1 Å². The van der Waals surface area contributed by atoms with Crippen LogP contribution in [0.1, 0.15) is 51.4 Å². The average Bonchev–Trinajstić information content (AvgIpc) is 2.47. The van der Waals surface area contributed by atoms with E-state index in [1.165, 1.54) is 6.42 Å². The van der Waals surface area contributed by atoms with Gasteiger partial charge in [-0.1, -0.05) is 27.7 Å². The fourth-order valence-corrected chi connectivity index (χ4v) is 2.28. The van der Waals surface area contributed by atoms with E-state index in [1.54, 1.807) is 0 Å². The second-order valence-corrected chi connectivity index (χ2v) is 5.67. The molecule has 21 heavy (non-hydrogen) atoms. The molecule has 0 saturated carbocycles. The fourth-order valence-electron chi connectivity index (χ4n) is 2.28. The molecule has 120 valence electrons. The zero-order valence-corrected chi connectivity index (χ0v) is 14.5. The highest BCUT2D eigenvalue weighted by molar-refractivity contribution is 5.57. The molecule has 0 atom stereocenters. The summed E-state index contributed by atoms with van der Waals surface area (Å²) in [4.78, 5) is 11.7. The van der Waals surface area contributed by atoms with Gasteiger partial charge in [-0.25, -0.2) is 9.97 Å². The molecule has 0 unspecified atom stereocenters. The molecule has 0 saturated heterocycles. The molecule has 0 aliphatic heterocycles. The van der Waals surface area contributed by atoms with Crippen molar-refractivity contribution in [2.24, 2.45) is 0 Å². The van der Waals surface area contributed by atoms with E-state index in [-0.39, 0.29) is 0 Å². The van der Waals surface area contributed by atoms with Crippen LogP contribution >= 0.6 is 0 Å². The molecule has 5 nitrogen and oxygen atoms in total. The Morgan fingerprint density at radius 1 is 1.10 bits per heavy atom. The molecule has 1 rings (SSSR count). The van der Waals surface area contributed by atoms with Crippen LogP contribution in [0.2, 0.25) is 0 Å². The zero-order chi connectivity index (χ0) is 15.8. The number of aromatic nitrogens is 2. The smallest absolute Gasteiger partial charge is 0.135 e. The van der Waals surface area contributed by atoms with Crippen molar-refractivity contribution in [1.82, 2.24) is 14.9 Å². The van der Waals surface area contributed by atoms with Gasteiger partial charge in [0.15, 0.2) is 0 Å². The summed E-state index contributed by atoms with van der Waals surface area (Å²) in [5.41, 5.74) is 1.08. The molecule has 0 radical (unpaired) electrons. The number of nitrogens with one attached hydrogen (secondary N) is 2. The molecule has 2 N–H and O–H groups in total. The Morgan fingerprint density at radius 2 is 1.76 bits per heavy atom. The quantitative estimate of drug-likeness (QED) is 0.733. The minimum Gasteiger partial charge on any atom is -0.373 e. The first-order valence-electron chi connectivity index (χ1n) is 8.05. The van der Waals surface area contributed by atoms with Gasteiger partial charge in [0.2, 0.25) is 0 Å². The minimum absolute atomic E-state index is 0.325. The van der Waals surface area contributed by atoms with E-state index in [1.807, 2.05) is 7.05 Å². The van der Waals surface area contributed by atoms with Gasteiger partial charge in [0.1, 0.15) is 17.5 Å². The molecule has 1 aromatic rings. The van der Waals surface area contributed by atoms with Crippen molar-refractivity contribution in [3.63, 3.8) is 0 Å². The van der Waals surface area contributed by atoms with Crippen LogP contribution < -0.4 is 10.6 Å². The van der Waals surface area contributed by atoms with Crippen molar-refractivity contribution in [1.29, 1.82) is 0 Å². The summed E-state index contributed by atoms with van der Waals surface area (Å²) in [5, 5.41) is 6.63. The molecule has 0 fully saturated rings. The predicted octanol–water partition coefficient (Wildman–Crippen LogP) is 3.09. The van der Waals surface area contributed by atoms with E-state index < -0.39 is 0 Å². The number of nitrogens with zero attached hydrogens (tertiary/aromatic N) is 3. The van der Waals surface area contributed by atoms with Gasteiger partial charge in [0.05, 0.1) is 0 Å². The minimum atomic E-state index is 0.325. The van der Waals surface area contributed by atoms with Crippen molar-refractivity contribution in [2.75, 3.05) is 43.9 Å². The summed E-state index contributed by atoms with van der Waals surface area (Å²) in [6.07, 6.45) is 1.20. The van der Waals surface area contributed by atoms with Crippen molar-refractivity contribution in [2.45, 2.75) is 47.0 Å². The molecule has 0 aromatic carbocycles. The van der Waals surface area contributed by atoms with E-state index in [9.17, 15) is 0 Å². The maximum Gasteiger partial charge on any atom is 0.135 e. The van der Waals surface area contributed by atoms with Gasteiger partial charge in [-0.3, -0.25) is 0 Å². The lowest BCUT2D eigenvalue weighted by Crippen LogP contribution is -2.30. The highest BCUT2D eigenvalue weighted by Crippen LogP contribution is 2.22. The zero-order valence-electron chi connectivity index (χ0n) is 14.5. The molecular weight excluding hydrogens is 262 g/mol. The summed E-state index contributed by atoms with van der Waals surface area (Å²) >= 11 is 0. The monoisotopic (exact) mass is 293 g/mol. The van der Waals surface area contributed by atoms with E-state index >= 15 is 0 Å². The van der Waals surface area contributed by atoms with E-state index in [4.69, 9.17) is 0 Å². The van der Waals surface area contributed by atoms with Crippen LogP contribution in [0.15, 0.2) is 0 Å². The highest BCUT2D eigenvalue weighted by Gasteiger charge is 2.12. The van der Waals surface area contributed by atoms with Gasteiger partial charge in [-0.15, -0.1) is 0 Å². The van der Waals surface area contributed by atoms with Crippen LogP contribution in [0.25, 0.3) is 0 Å². The summed E-state index contributed by atoms with van der Waals surface area (Å²) in [5.74, 6) is 3.07. The third kappa shape index (κ3) is 5.16. The standard InChI is InChI=1S/C16H31N5/c1-7-10-21(8-2)11-9-18-16-13(5)15(17-6)19-14(20-16)12(3)4/h12H,7-11H2,1-6H3,(H2,17,18,19,20). The van der Waals surface area contributed by atoms with E-state index in [2.05, 4.69) is 60.1 Å². The molecule has 5 heteroatoms. The Bertz CT molecular complexity index is 431. The van der Waals surface area contributed by atoms with Crippen LogP contribution in [0.5, 0.6) is 0 Å². The summed E-state index contributed by atoms with van der Waals surface area (Å²) in [7, 11) is 1.91. The number of hydrogen-bond donors (Lipinski definition) is 2. The first kappa shape index (κ1) is 17.7. The maximum absolute atomic E-state index is 4.67. The number of rotatable bonds is 9. The summed E-state index contributed by atoms with van der Waals surface area (Å²) in [6, 6.07) is 0. The van der Waals surface area contributed by atoms with E-state index in [0.29, 0.717) is 5.92 Å². The predicted molar refractivity (Wildman–Crippen MR) is 91.3 cm³/mol. The summed E-state index contributed by atoms with van der Waals surface area (Å²) < 4.78 is 0. The third-order valence-corrected chi connectivity index (χ3v) is 3.62. The lowest BCUT2D eigenvalue weighted by molar-refractivity contribution is 0.300. The molecule has 0 aliphatic rings. The van der Waals surface area contributed by atoms with Gasteiger partial charge >= 0.3 is 0 Å². The Balaban J connectivity index is 2.75. The molecule has 0 amide bonds. The lowest BCUT2D eigenvalue weighted by Gasteiger charge is -2.21. The van der Waals surface area contributed by atoms with Gasteiger partial charge in [0, 0.05) is 31.6 Å². The van der Waals surface area contributed by atoms with Crippen molar-refractivity contribution >= 4 is 11.6 Å². The summed E-state index contributed by atoms with van der Waals surface area (Å²) in [6.45, 7) is 14.9. The van der Waals surface area contributed by atoms with Crippen molar-refractivity contribution in [3.05, 3.63) is 11.4 Å². The second-order valence-electron chi connectivity index (χ2n) is 5.67. The number of likely N-dealkylation sites (N-methyl/N-ethyl adjacent to an activating group) is 1. The normalized spacial score (nSPS) is 11.2. The average molecular weight is 293 g/mol. The molecule has 0 spiro atoms. The van der Waals surface area contributed by atoms with Gasteiger partial charge < -0.3 is 15.5 Å². The van der Waals surface area contributed by atoms with Crippen LogP contribution in [0.3, 0.4) is 0 Å². The van der Waals surface area contributed by atoms with Crippen molar-refractivity contribution in [3.8, 4) is 0 Å². The van der Waals surface area contributed by atoms with Gasteiger partial charge in [-0.05, 0) is 26.4 Å². The molecule has 1 aromatic heterocycles. The first-order chi connectivity index (χ1) is 10.0. The van der Waals surface area contributed by atoms with Gasteiger partial charge in [-0.2, -0.15) is 0 Å². The Kier molecular flexibility index (Phi) is 7.43. The van der Waals surface area contributed by atoms with E-state index in [0.717, 1.165) is 49.2 Å². The highest BCUT2D eigenvalue weighted by atomic mass is 15.1. The second kappa shape index (κ2) is 8.82. The number of hydrogen-bond acceptors (Lipinski definition) is 5. The molecule has 0 aliphatic carbocycles.